The average molecular weight is 300 g/mol. The molecule has 102 valence electrons. The minimum absolute atomic E-state index is 0.937. The van der Waals surface area contributed by atoms with Crippen molar-refractivity contribution in [2.75, 3.05) is 13.1 Å². The van der Waals surface area contributed by atoms with Crippen LogP contribution >= 0.6 is 23.1 Å². The second kappa shape index (κ2) is 4.64. The van der Waals surface area contributed by atoms with Crippen LogP contribution in [0.4, 0.5) is 0 Å². The van der Waals surface area contributed by atoms with Gasteiger partial charge in [-0.2, -0.15) is 0 Å². The molecule has 0 saturated heterocycles. The molecule has 4 heteroatoms. The highest BCUT2D eigenvalue weighted by molar-refractivity contribution is 8.17. The highest BCUT2D eigenvalue weighted by Crippen LogP contribution is 2.45. The summed E-state index contributed by atoms with van der Waals surface area (Å²) in [4.78, 5) is 9.87. The van der Waals surface area contributed by atoms with Gasteiger partial charge in [0.15, 0.2) is 5.17 Å². The molecule has 0 fully saturated rings. The van der Waals surface area contributed by atoms with Crippen molar-refractivity contribution in [1.82, 2.24) is 4.90 Å². The van der Waals surface area contributed by atoms with Gasteiger partial charge in [-0.1, -0.05) is 30.8 Å². The summed E-state index contributed by atoms with van der Waals surface area (Å²) in [6, 6.07) is 9.06. The minimum atomic E-state index is 0.937. The van der Waals surface area contributed by atoms with Gasteiger partial charge in [0, 0.05) is 16.1 Å². The van der Waals surface area contributed by atoms with Gasteiger partial charge in [-0.05, 0) is 36.4 Å². The van der Waals surface area contributed by atoms with Crippen LogP contribution in [0, 0.1) is 6.92 Å². The molecular weight excluding hydrogens is 284 g/mol. The monoisotopic (exact) mass is 300 g/mol. The molecule has 2 nitrogen and oxygen atoms in total. The number of thioether (sulfide) groups is 1. The molecule has 0 unspecified atom stereocenters. The van der Waals surface area contributed by atoms with Gasteiger partial charge in [-0.15, -0.1) is 11.3 Å². The van der Waals surface area contributed by atoms with E-state index in [2.05, 4.69) is 48.0 Å². The zero-order valence-electron chi connectivity index (χ0n) is 11.6. The van der Waals surface area contributed by atoms with E-state index < -0.39 is 0 Å². The van der Waals surface area contributed by atoms with Crippen molar-refractivity contribution in [1.29, 1.82) is 0 Å². The van der Waals surface area contributed by atoms with Crippen molar-refractivity contribution in [3.05, 3.63) is 39.6 Å². The van der Waals surface area contributed by atoms with Crippen molar-refractivity contribution >= 4 is 44.0 Å². The Hall–Kier alpha value is -1.26. The zero-order valence-corrected chi connectivity index (χ0v) is 13.3. The van der Waals surface area contributed by atoms with Crippen molar-refractivity contribution in [2.45, 2.75) is 20.3 Å². The molecule has 4 rings (SSSR count). The smallest absolute Gasteiger partial charge is 0.168 e. The third kappa shape index (κ3) is 1.82. The number of aryl methyl sites for hydroxylation is 1. The molecule has 0 aliphatic carbocycles. The molecule has 2 aliphatic rings. The number of hydrogen-bond donors (Lipinski definition) is 0. The van der Waals surface area contributed by atoms with Gasteiger partial charge < -0.3 is 4.90 Å². The summed E-state index contributed by atoms with van der Waals surface area (Å²) >= 11 is 3.77. The number of thiophene rings is 1. The topological polar surface area (TPSA) is 15.6 Å². The van der Waals surface area contributed by atoms with E-state index in [1.54, 1.807) is 0 Å². The van der Waals surface area contributed by atoms with Crippen LogP contribution in [0.25, 0.3) is 15.8 Å². The van der Waals surface area contributed by atoms with Crippen LogP contribution in [0.1, 0.15) is 23.8 Å². The van der Waals surface area contributed by atoms with Gasteiger partial charge in [0.25, 0.3) is 0 Å². The lowest BCUT2D eigenvalue weighted by Gasteiger charge is -2.15. The second-order valence-electron chi connectivity index (χ2n) is 5.20. The summed E-state index contributed by atoms with van der Waals surface area (Å²) in [5, 5.41) is 2.55. The third-order valence-corrected chi connectivity index (χ3v) is 6.15. The van der Waals surface area contributed by atoms with E-state index in [4.69, 9.17) is 0 Å². The van der Waals surface area contributed by atoms with Crippen LogP contribution in [0.15, 0.2) is 34.2 Å². The average Bonchev–Trinajstić information content (AvgIpc) is 3.09. The number of rotatable bonds is 2. The number of aliphatic imine (C=N–C) groups is 1. The Kier molecular flexibility index (Phi) is 2.89. The number of allylic oxidation sites excluding steroid dienone is 1. The fourth-order valence-corrected chi connectivity index (χ4v) is 5.23. The Labute approximate surface area is 127 Å². The molecule has 3 heterocycles. The number of nitrogens with zero attached hydrogens (tertiary/aromatic N) is 2. The Morgan fingerprint density at radius 1 is 1.30 bits per heavy atom. The molecule has 2 aromatic rings. The fourth-order valence-electron chi connectivity index (χ4n) is 2.80. The molecule has 0 atom stereocenters. The lowest BCUT2D eigenvalue weighted by atomic mass is 10.2. The number of fused-ring (bicyclic) bond motifs is 2. The number of benzene rings is 1. The second-order valence-corrected chi connectivity index (χ2v) is 7.34. The van der Waals surface area contributed by atoms with Gasteiger partial charge in [0.1, 0.15) is 0 Å². The molecule has 1 aromatic carbocycles. The van der Waals surface area contributed by atoms with Crippen LogP contribution in [-0.4, -0.2) is 23.2 Å². The van der Waals surface area contributed by atoms with Gasteiger partial charge in [0.2, 0.25) is 0 Å². The van der Waals surface area contributed by atoms with Crippen molar-refractivity contribution in [3.63, 3.8) is 0 Å². The van der Waals surface area contributed by atoms with Gasteiger partial charge in [-0.3, -0.25) is 4.99 Å². The first-order chi connectivity index (χ1) is 9.76. The van der Waals surface area contributed by atoms with Crippen LogP contribution < -0.4 is 0 Å². The molecule has 20 heavy (non-hydrogen) atoms. The van der Waals surface area contributed by atoms with Crippen molar-refractivity contribution in [3.8, 4) is 0 Å². The lowest BCUT2D eigenvalue weighted by molar-refractivity contribution is 0.648. The van der Waals surface area contributed by atoms with Crippen LogP contribution in [0.5, 0.6) is 0 Å². The number of amidine groups is 1. The van der Waals surface area contributed by atoms with E-state index in [1.165, 1.54) is 36.3 Å². The zero-order chi connectivity index (χ0) is 13.7. The van der Waals surface area contributed by atoms with E-state index in [0.717, 1.165) is 19.5 Å². The number of hydrogen-bond acceptors (Lipinski definition) is 4. The van der Waals surface area contributed by atoms with Gasteiger partial charge in [-0.25, -0.2) is 0 Å². The molecule has 1 aromatic heterocycles. The lowest BCUT2D eigenvalue weighted by Crippen LogP contribution is -2.19. The molecule has 0 spiro atoms. The molecular formula is C16H16N2S2. The first kappa shape index (κ1) is 12.5. The summed E-state index contributed by atoms with van der Waals surface area (Å²) in [6.07, 6.45) is 1.09. The molecule has 0 bridgehead atoms. The first-order valence-electron chi connectivity index (χ1n) is 7.00. The summed E-state index contributed by atoms with van der Waals surface area (Å²) in [7, 11) is 0. The Morgan fingerprint density at radius 2 is 2.20 bits per heavy atom. The van der Waals surface area contributed by atoms with Crippen LogP contribution in [-0.2, 0) is 0 Å². The summed E-state index contributed by atoms with van der Waals surface area (Å²) in [5.74, 6) is 0. The van der Waals surface area contributed by atoms with Crippen LogP contribution in [0.2, 0.25) is 0 Å². The quantitative estimate of drug-likeness (QED) is 0.798. The summed E-state index contributed by atoms with van der Waals surface area (Å²) < 4.78 is 1.39. The van der Waals surface area contributed by atoms with E-state index in [-0.39, 0.29) is 0 Å². The Morgan fingerprint density at radius 3 is 3.05 bits per heavy atom. The van der Waals surface area contributed by atoms with E-state index in [1.807, 2.05) is 23.1 Å². The highest BCUT2D eigenvalue weighted by Gasteiger charge is 2.32. The summed E-state index contributed by atoms with van der Waals surface area (Å²) in [5.41, 5.74) is 2.74. The molecule has 0 saturated carbocycles. The molecule has 0 N–H and O–H groups in total. The minimum Gasteiger partial charge on any atom is -0.317 e. The maximum absolute atomic E-state index is 4.61. The maximum atomic E-state index is 4.61. The van der Waals surface area contributed by atoms with Gasteiger partial charge in [0.05, 0.1) is 17.1 Å². The Bertz CT molecular complexity index is 755. The van der Waals surface area contributed by atoms with Crippen molar-refractivity contribution in [2.24, 2.45) is 4.99 Å². The van der Waals surface area contributed by atoms with E-state index in [0.29, 0.717) is 0 Å². The normalized spacial score (nSPS) is 18.1. The predicted molar refractivity (Wildman–Crippen MR) is 90.4 cm³/mol. The van der Waals surface area contributed by atoms with E-state index in [9.17, 15) is 0 Å². The largest absolute Gasteiger partial charge is 0.317 e. The van der Waals surface area contributed by atoms with E-state index >= 15 is 0 Å². The molecule has 0 amide bonds. The van der Waals surface area contributed by atoms with Crippen molar-refractivity contribution < 1.29 is 0 Å². The first-order valence-corrected chi connectivity index (χ1v) is 8.63. The summed E-state index contributed by atoms with van der Waals surface area (Å²) in [6.45, 7) is 6.37. The maximum Gasteiger partial charge on any atom is 0.168 e. The fraction of sp³-hybridized carbons (Fsp3) is 0.312. The van der Waals surface area contributed by atoms with Gasteiger partial charge >= 0.3 is 0 Å². The third-order valence-electron chi connectivity index (χ3n) is 3.78. The SMILES string of the molecule is CCC1=C(c2cc3ccc(C)cc3s2)N2CCN=C2S1. The molecule has 0 radical (unpaired) electrons. The van der Waals surface area contributed by atoms with Crippen LogP contribution in [0.3, 0.4) is 0 Å². The predicted octanol–water partition coefficient (Wildman–Crippen LogP) is 4.71. The Balaban J connectivity index is 1.86. The molecule has 2 aliphatic heterocycles. The standard InChI is InChI=1S/C16H16N2S2/c1-3-12-15(18-7-6-17-16(18)20-12)14-9-11-5-4-10(2)8-13(11)19-14/h4-5,8-9H,3,6-7H2,1-2H3. The highest BCUT2D eigenvalue weighted by atomic mass is 32.2.